The Balaban J connectivity index is 2.25. The number of nitrogens with zero attached hydrogens (tertiary/aromatic N) is 2. The third-order valence-electron chi connectivity index (χ3n) is 3.00. The summed E-state index contributed by atoms with van der Waals surface area (Å²) in [5.74, 6) is 5.76. The van der Waals surface area contributed by atoms with E-state index in [4.69, 9.17) is 15.8 Å². The second-order valence-corrected chi connectivity index (χ2v) is 4.29. The summed E-state index contributed by atoms with van der Waals surface area (Å²) in [5.41, 5.74) is 5.83. The number of nitriles is 1. The Hall–Kier alpha value is -2.42. The number of pyridine rings is 1. The Morgan fingerprint density at radius 3 is 2.60 bits per heavy atom. The predicted octanol–water partition coefficient (Wildman–Crippen LogP) is 2.09. The van der Waals surface area contributed by atoms with Gasteiger partial charge in [-0.25, -0.2) is 10.8 Å². The van der Waals surface area contributed by atoms with Gasteiger partial charge in [-0.2, -0.15) is 5.26 Å². The lowest BCUT2D eigenvalue weighted by molar-refractivity contribution is 0.202. The summed E-state index contributed by atoms with van der Waals surface area (Å²) in [6.07, 6.45) is 0.882. The molecule has 0 unspecified atom stereocenters. The molecule has 1 aromatic heterocycles. The zero-order chi connectivity index (χ0) is 14.4. The number of hydrogen-bond acceptors (Lipinski definition) is 5. The van der Waals surface area contributed by atoms with Gasteiger partial charge in [0.2, 0.25) is 0 Å². The summed E-state index contributed by atoms with van der Waals surface area (Å²) in [6.45, 7) is 0.704. The van der Waals surface area contributed by atoms with Crippen LogP contribution in [-0.4, -0.2) is 18.7 Å². The molecule has 0 amide bonds. The van der Waals surface area contributed by atoms with Crippen molar-refractivity contribution in [2.24, 2.45) is 5.84 Å². The van der Waals surface area contributed by atoms with Gasteiger partial charge < -0.3 is 10.2 Å². The largest absolute Gasteiger partial charge is 0.384 e. The van der Waals surface area contributed by atoms with Crippen LogP contribution in [-0.2, 0) is 11.2 Å². The first-order valence-corrected chi connectivity index (χ1v) is 6.24. The van der Waals surface area contributed by atoms with Crippen LogP contribution in [0.15, 0.2) is 36.4 Å². The maximum Gasteiger partial charge on any atom is 0.158 e. The van der Waals surface area contributed by atoms with Gasteiger partial charge in [0, 0.05) is 12.7 Å². The van der Waals surface area contributed by atoms with Gasteiger partial charge >= 0.3 is 0 Å². The predicted molar refractivity (Wildman–Crippen MR) is 77.8 cm³/mol. The zero-order valence-electron chi connectivity index (χ0n) is 11.3. The maximum atomic E-state index is 8.93. The highest BCUT2D eigenvalue weighted by Gasteiger charge is 2.06. The van der Waals surface area contributed by atoms with Gasteiger partial charge in [0.25, 0.3) is 0 Å². The molecular formula is C15H16N4O. The van der Waals surface area contributed by atoms with E-state index < -0.39 is 0 Å². The molecule has 0 spiro atoms. The second kappa shape index (κ2) is 6.66. The lowest BCUT2D eigenvalue weighted by Gasteiger charge is -2.07. The highest BCUT2D eigenvalue weighted by molar-refractivity contribution is 5.64. The van der Waals surface area contributed by atoms with Gasteiger partial charge in [-0.05, 0) is 24.1 Å². The number of anilines is 1. The molecule has 0 bridgehead atoms. The first-order chi connectivity index (χ1) is 9.78. The summed E-state index contributed by atoms with van der Waals surface area (Å²) in [5, 5.41) is 8.93. The molecule has 5 nitrogen and oxygen atoms in total. The van der Waals surface area contributed by atoms with E-state index in [0.717, 1.165) is 17.7 Å². The number of nitrogen functional groups attached to an aromatic ring is 1. The van der Waals surface area contributed by atoms with E-state index in [0.29, 0.717) is 18.0 Å². The number of hydrogen-bond donors (Lipinski definition) is 2. The monoisotopic (exact) mass is 268 g/mol. The Bertz CT molecular complexity index is 617. The number of aromatic nitrogens is 1. The average molecular weight is 268 g/mol. The van der Waals surface area contributed by atoms with E-state index >= 15 is 0 Å². The van der Waals surface area contributed by atoms with Gasteiger partial charge in [0.15, 0.2) is 5.82 Å². The highest BCUT2D eigenvalue weighted by atomic mass is 16.5. The molecule has 0 aliphatic rings. The minimum Gasteiger partial charge on any atom is -0.384 e. The normalized spacial score (nSPS) is 10.1. The molecule has 0 aliphatic carbocycles. The number of ether oxygens (including phenoxy) is 1. The van der Waals surface area contributed by atoms with E-state index in [1.54, 1.807) is 13.2 Å². The third kappa shape index (κ3) is 3.12. The molecule has 1 heterocycles. The first-order valence-electron chi connectivity index (χ1n) is 6.24. The van der Waals surface area contributed by atoms with Gasteiger partial charge in [-0.3, -0.25) is 0 Å². The summed E-state index contributed by atoms with van der Waals surface area (Å²) in [4.78, 5) is 4.34. The molecule has 20 heavy (non-hydrogen) atoms. The minimum atomic E-state index is 0.383. The summed E-state index contributed by atoms with van der Waals surface area (Å²) in [6, 6.07) is 13.6. The quantitative estimate of drug-likeness (QED) is 0.640. The molecule has 2 rings (SSSR count). The highest BCUT2D eigenvalue weighted by Crippen LogP contribution is 2.21. The number of nitrogens with two attached hydrogens (primary N) is 1. The van der Waals surface area contributed by atoms with Crippen LogP contribution in [0.1, 0.15) is 11.1 Å². The summed E-state index contributed by atoms with van der Waals surface area (Å²) >= 11 is 0. The van der Waals surface area contributed by atoms with Crippen molar-refractivity contribution in [1.29, 1.82) is 5.26 Å². The van der Waals surface area contributed by atoms with Crippen LogP contribution >= 0.6 is 0 Å². The van der Waals surface area contributed by atoms with Crippen LogP contribution in [0, 0.1) is 11.3 Å². The molecule has 5 heteroatoms. The number of benzene rings is 1. The standard InChI is InChI=1S/C15H16N4O/c1-20-9-8-11-2-4-12(5-3-11)14-7-6-13(10-16)15(18-14)19-17/h2-7H,8-9,17H2,1H3,(H,18,19). The van der Waals surface area contributed by atoms with Crippen molar-refractivity contribution in [3.63, 3.8) is 0 Å². The van der Waals surface area contributed by atoms with Crippen LogP contribution in [0.25, 0.3) is 11.3 Å². The van der Waals surface area contributed by atoms with Gasteiger partial charge in [0.1, 0.15) is 6.07 Å². The average Bonchev–Trinajstić information content (AvgIpc) is 2.52. The van der Waals surface area contributed by atoms with Crippen molar-refractivity contribution in [1.82, 2.24) is 4.98 Å². The van der Waals surface area contributed by atoms with Crippen LogP contribution in [0.2, 0.25) is 0 Å². The van der Waals surface area contributed by atoms with Crippen molar-refractivity contribution >= 4 is 5.82 Å². The second-order valence-electron chi connectivity index (χ2n) is 4.29. The Kier molecular flexibility index (Phi) is 4.66. The van der Waals surface area contributed by atoms with Crippen LogP contribution in [0.4, 0.5) is 5.82 Å². The van der Waals surface area contributed by atoms with Crippen molar-refractivity contribution < 1.29 is 4.74 Å². The first kappa shape index (κ1) is 14.0. The minimum absolute atomic E-state index is 0.383. The molecule has 0 radical (unpaired) electrons. The van der Waals surface area contributed by atoms with Crippen LogP contribution in [0.3, 0.4) is 0 Å². The lowest BCUT2D eigenvalue weighted by Crippen LogP contribution is -2.10. The van der Waals surface area contributed by atoms with Crippen molar-refractivity contribution in [2.75, 3.05) is 19.1 Å². The molecule has 0 saturated heterocycles. The van der Waals surface area contributed by atoms with E-state index in [1.165, 1.54) is 5.56 Å². The van der Waals surface area contributed by atoms with E-state index in [9.17, 15) is 0 Å². The molecule has 1 aromatic carbocycles. The van der Waals surface area contributed by atoms with Crippen molar-refractivity contribution in [2.45, 2.75) is 6.42 Å². The van der Waals surface area contributed by atoms with E-state index in [2.05, 4.69) is 10.4 Å². The van der Waals surface area contributed by atoms with Gasteiger partial charge in [-0.15, -0.1) is 0 Å². The van der Waals surface area contributed by atoms with E-state index in [-0.39, 0.29) is 0 Å². The molecule has 102 valence electrons. The third-order valence-corrected chi connectivity index (χ3v) is 3.00. The molecule has 0 saturated carbocycles. The Morgan fingerprint density at radius 1 is 1.25 bits per heavy atom. The fraction of sp³-hybridized carbons (Fsp3) is 0.200. The summed E-state index contributed by atoms with van der Waals surface area (Å²) in [7, 11) is 1.69. The van der Waals surface area contributed by atoms with Crippen molar-refractivity contribution in [3.8, 4) is 17.3 Å². The number of rotatable bonds is 5. The number of methoxy groups -OCH3 is 1. The molecule has 0 atom stereocenters. The molecule has 0 fully saturated rings. The molecule has 0 aliphatic heterocycles. The maximum absolute atomic E-state index is 8.93. The Morgan fingerprint density at radius 2 is 2.00 bits per heavy atom. The smallest absolute Gasteiger partial charge is 0.158 e. The van der Waals surface area contributed by atoms with Crippen molar-refractivity contribution in [3.05, 3.63) is 47.5 Å². The molecule has 3 N–H and O–H groups in total. The number of hydrazine groups is 1. The fourth-order valence-electron chi connectivity index (χ4n) is 1.88. The van der Waals surface area contributed by atoms with Gasteiger partial charge in [0.05, 0.1) is 17.9 Å². The topological polar surface area (TPSA) is 84.0 Å². The van der Waals surface area contributed by atoms with Gasteiger partial charge in [-0.1, -0.05) is 24.3 Å². The van der Waals surface area contributed by atoms with Crippen LogP contribution < -0.4 is 11.3 Å². The SMILES string of the molecule is COCCc1ccc(-c2ccc(C#N)c(NN)n2)cc1. The lowest BCUT2D eigenvalue weighted by atomic mass is 10.1. The molecular weight excluding hydrogens is 252 g/mol. The number of nitrogens with one attached hydrogen (secondary N) is 1. The fourth-order valence-corrected chi connectivity index (χ4v) is 1.88. The Labute approximate surface area is 118 Å². The van der Waals surface area contributed by atoms with E-state index in [1.807, 2.05) is 36.4 Å². The molecule has 2 aromatic rings. The zero-order valence-corrected chi connectivity index (χ0v) is 11.3. The van der Waals surface area contributed by atoms with Crippen LogP contribution in [0.5, 0.6) is 0 Å². The summed E-state index contributed by atoms with van der Waals surface area (Å²) < 4.78 is 5.05.